The number of furan rings is 1. The van der Waals surface area contributed by atoms with E-state index < -0.39 is 0 Å². The fourth-order valence-electron chi connectivity index (χ4n) is 7.13. The second kappa shape index (κ2) is 11.7. The van der Waals surface area contributed by atoms with Crippen molar-refractivity contribution in [1.29, 1.82) is 0 Å². The average Bonchev–Trinajstić information content (AvgIpc) is 3.54. The number of fused-ring (bicyclic) bond motifs is 5. The Labute approximate surface area is 273 Å². The minimum atomic E-state index is -0.0803. The van der Waals surface area contributed by atoms with Gasteiger partial charge in [-0.1, -0.05) is 152 Å². The lowest BCUT2D eigenvalue weighted by atomic mass is 9.92. The molecule has 226 valence electrons. The summed E-state index contributed by atoms with van der Waals surface area (Å²) in [6, 6.07) is 58.1. The predicted molar refractivity (Wildman–Crippen MR) is 193 cm³/mol. The van der Waals surface area contributed by atoms with Crippen LogP contribution >= 0.6 is 0 Å². The third kappa shape index (κ3) is 5.00. The summed E-state index contributed by atoms with van der Waals surface area (Å²) in [5.41, 5.74) is 10.2. The van der Waals surface area contributed by atoms with Gasteiger partial charge in [-0.2, -0.15) is 0 Å². The van der Waals surface area contributed by atoms with Crippen LogP contribution in [0.2, 0.25) is 0 Å². The van der Waals surface area contributed by atoms with E-state index in [9.17, 15) is 0 Å². The van der Waals surface area contributed by atoms with Gasteiger partial charge in [-0.05, 0) is 56.5 Å². The third-order valence-corrected chi connectivity index (χ3v) is 9.43. The van der Waals surface area contributed by atoms with Crippen LogP contribution in [0.3, 0.4) is 0 Å². The Hall–Kier alpha value is -5.52. The lowest BCUT2D eigenvalue weighted by Crippen LogP contribution is -2.54. The molecule has 4 heteroatoms. The van der Waals surface area contributed by atoms with Crippen LogP contribution in [0.4, 0.5) is 0 Å². The van der Waals surface area contributed by atoms with Crippen LogP contribution in [0.1, 0.15) is 35.2 Å². The molecular weight excluding hydrogens is 574 g/mol. The lowest BCUT2D eigenvalue weighted by Gasteiger charge is -2.40. The highest BCUT2D eigenvalue weighted by molar-refractivity contribution is 6.19. The number of para-hydroxylation sites is 1. The van der Waals surface area contributed by atoms with Gasteiger partial charge in [-0.3, -0.25) is 16.0 Å². The molecule has 2 atom stereocenters. The Kier molecular flexibility index (Phi) is 6.90. The molecule has 2 unspecified atom stereocenters. The van der Waals surface area contributed by atoms with Crippen molar-refractivity contribution < 1.29 is 4.42 Å². The first-order chi connectivity index (χ1) is 23.3. The standard InChI is InChI=1S/C43H33N3O/c1-3-13-30(14-4-1)41-44-42(31-15-5-2-6-16-31)46-43(45-41)36-21-10-7-17-32(36)28-23-25-29(26-24-28)37-27-38-34-19-11-12-22-39(34)47-40(38)35-20-9-8-18-33(35)37/h1-27,41-46H. The maximum absolute atomic E-state index is 6.36. The zero-order valence-corrected chi connectivity index (χ0v) is 25.7. The Morgan fingerprint density at radius 2 is 0.894 bits per heavy atom. The van der Waals surface area contributed by atoms with Gasteiger partial charge >= 0.3 is 0 Å². The first-order valence-electron chi connectivity index (χ1n) is 16.2. The average molecular weight is 608 g/mol. The van der Waals surface area contributed by atoms with Crippen LogP contribution in [0.5, 0.6) is 0 Å². The van der Waals surface area contributed by atoms with Crippen molar-refractivity contribution in [3.8, 4) is 22.3 Å². The van der Waals surface area contributed by atoms with Gasteiger partial charge in [-0.25, -0.2) is 0 Å². The van der Waals surface area contributed by atoms with Gasteiger partial charge in [0.05, 0.1) is 18.5 Å². The molecule has 3 N–H and O–H groups in total. The van der Waals surface area contributed by atoms with E-state index >= 15 is 0 Å². The van der Waals surface area contributed by atoms with Crippen molar-refractivity contribution in [2.45, 2.75) is 18.5 Å². The molecule has 9 rings (SSSR count). The molecule has 1 aliphatic rings. The third-order valence-electron chi connectivity index (χ3n) is 9.43. The van der Waals surface area contributed by atoms with E-state index in [0.717, 1.165) is 27.3 Å². The van der Waals surface area contributed by atoms with Crippen molar-refractivity contribution in [1.82, 2.24) is 16.0 Å². The zero-order chi connectivity index (χ0) is 31.2. The molecule has 0 amide bonds. The molecule has 1 saturated heterocycles. The fraction of sp³-hybridized carbons (Fsp3) is 0.0698. The topological polar surface area (TPSA) is 49.2 Å². The Balaban J connectivity index is 1.11. The van der Waals surface area contributed by atoms with Crippen LogP contribution in [0, 0.1) is 0 Å². The SMILES string of the molecule is c1ccc(C2NC(c3ccccc3)NC(c3ccccc3-c3ccc(-c4cc5c6ccccc6oc5c5ccccc45)cc3)N2)cc1. The quantitative estimate of drug-likeness (QED) is 0.182. The van der Waals surface area contributed by atoms with E-state index in [2.05, 4.69) is 168 Å². The first kappa shape index (κ1) is 27.8. The molecule has 0 bridgehead atoms. The molecule has 4 nitrogen and oxygen atoms in total. The van der Waals surface area contributed by atoms with Gasteiger partial charge in [0, 0.05) is 16.2 Å². The summed E-state index contributed by atoms with van der Waals surface area (Å²) >= 11 is 0. The van der Waals surface area contributed by atoms with Gasteiger partial charge in [0.2, 0.25) is 0 Å². The van der Waals surface area contributed by atoms with E-state index in [0.29, 0.717) is 0 Å². The molecular formula is C43H33N3O. The van der Waals surface area contributed by atoms with Crippen molar-refractivity contribution >= 4 is 32.7 Å². The molecule has 7 aromatic carbocycles. The highest BCUT2D eigenvalue weighted by Gasteiger charge is 2.30. The van der Waals surface area contributed by atoms with E-state index in [1.807, 2.05) is 12.1 Å². The summed E-state index contributed by atoms with van der Waals surface area (Å²) in [5, 5.41) is 16.1. The van der Waals surface area contributed by atoms with Crippen LogP contribution < -0.4 is 16.0 Å². The van der Waals surface area contributed by atoms with E-state index in [4.69, 9.17) is 4.42 Å². The van der Waals surface area contributed by atoms with Gasteiger partial charge in [0.1, 0.15) is 11.2 Å². The van der Waals surface area contributed by atoms with Crippen LogP contribution in [-0.2, 0) is 0 Å². The predicted octanol–water partition coefficient (Wildman–Crippen LogP) is 10.3. The van der Waals surface area contributed by atoms with Crippen molar-refractivity contribution in [2.24, 2.45) is 0 Å². The first-order valence-corrected chi connectivity index (χ1v) is 16.2. The van der Waals surface area contributed by atoms with Gasteiger partial charge in [-0.15, -0.1) is 0 Å². The van der Waals surface area contributed by atoms with Crippen molar-refractivity contribution in [3.05, 3.63) is 180 Å². The molecule has 0 saturated carbocycles. The molecule has 8 aromatic rings. The second-order valence-electron chi connectivity index (χ2n) is 12.2. The molecule has 1 aliphatic heterocycles. The molecule has 1 aromatic heterocycles. The number of hydrogen-bond donors (Lipinski definition) is 3. The fourth-order valence-corrected chi connectivity index (χ4v) is 7.13. The van der Waals surface area contributed by atoms with Gasteiger partial charge in [0.25, 0.3) is 0 Å². The molecule has 0 aliphatic carbocycles. The largest absolute Gasteiger partial charge is 0.455 e. The van der Waals surface area contributed by atoms with Crippen LogP contribution in [-0.4, -0.2) is 0 Å². The lowest BCUT2D eigenvalue weighted by molar-refractivity contribution is 0.203. The maximum Gasteiger partial charge on any atom is 0.143 e. The molecule has 0 spiro atoms. The van der Waals surface area contributed by atoms with E-state index in [1.54, 1.807) is 0 Å². The molecule has 0 radical (unpaired) electrons. The van der Waals surface area contributed by atoms with Crippen LogP contribution in [0.25, 0.3) is 55.0 Å². The Morgan fingerprint density at radius 3 is 1.57 bits per heavy atom. The molecule has 47 heavy (non-hydrogen) atoms. The Bertz CT molecular complexity index is 2300. The normalized spacial score (nSPS) is 18.2. The van der Waals surface area contributed by atoms with Gasteiger partial charge in [0.15, 0.2) is 0 Å². The number of rotatable bonds is 5. The minimum Gasteiger partial charge on any atom is -0.455 e. The number of nitrogens with one attached hydrogen (secondary N) is 3. The smallest absolute Gasteiger partial charge is 0.143 e. The maximum atomic E-state index is 6.36. The second-order valence-corrected chi connectivity index (χ2v) is 12.2. The van der Waals surface area contributed by atoms with E-state index in [-0.39, 0.29) is 18.5 Å². The highest BCUT2D eigenvalue weighted by atomic mass is 16.3. The summed E-state index contributed by atoms with van der Waals surface area (Å²) in [7, 11) is 0. The van der Waals surface area contributed by atoms with Gasteiger partial charge < -0.3 is 4.42 Å². The summed E-state index contributed by atoms with van der Waals surface area (Å²) in [6.07, 6.45) is -0.126. The highest BCUT2D eigenvalue weighted by Crippen LogP contribution is 2.40. The monoisotopic (exact) mass is 607 g/mol. The summed E-state index contributed by atoms with van der Waals surface area (Å²) < 4.78 is 6.36. The molecule has 2 heterocycles. The number of hydrogen-bond acceptors (Lipinski definition) is 4. The summed E-state index contributed by atoms with van der Waals surface area (Å²) in [4.78, 5) is 0. The van der Waals surface area contributed by atoms with Crippen molar-refractivity contribution in [2.75, 3.05) is 0 Å². The molecule has 1 fully saturated rings. The Morgan fingerprint density at radius 1 is 0.383 bits per heavy atom. The van der Waals surface area contributed by atoms with E-state index in [1.165, 1.54) is 44.3 Å². The number of benzene rings is 7. The van der Waals surface area contributed by atoms with Crippen LogP contribution in [0.15, 0.2) is 168 Å². The summed E-state index contributed by atoms with van der Waals surface area (Å²) in [5.74, 6) is 0. The minimum absolute atomic E-state index is 0.0229. The summed E-state index contributed by atoms with van der Waals surface area (Å²) in [6.45, 7) is 0. The zero-order valence-electron chi connectivity index (χ0n) is 25.7. The van der Waals surface area contributed by atoms with Crippen molar-refractivity contribution in [3.63, 3.8) is 0 Å².